The molecule has 1 fully saturated rings. The van der Waals surface area contributed by atoms with Gasteiger partial charge in [-0.1, -0.05) is 83.1 Å². The molecule has 4 aromatic rings. The van der Waals surface area contributed by atoms with Crippen LogP contribution in [0.2, 0.25) is 0 Å². The monoisotopic (exact) mass is 1240 g/mol. The number of hydrogen-bond acceptors (Lipinski definition) is 15. The zero-order chi connectivity index (χ0) is 64.8. The van der Waals surface area contributed by atoms with Crippen molar-refractivity contribution in [3.63, 3.8) is 0 Å². The van der Waals surface area contributed by atoms with Crippen molar-refractivity contribution in [2.24, 2.45) is 11.3 Å². The normalized spacial score (nSPS) is 15.0. The van der Waals surface area contributed by atoms with Gasteiger partial charge in [-0.15, -0.1) is 0 Å². The number of aliphatic hydroxyl groups is 1. The van der Waals surface area contributed by atoms with Crippen LogP contribution in [0.15, 0.2) is 102 Å². The van der Waals surface area contributed by atoms with Crippen molar-refractivity contribution in [2.45, 2.75) is 173 Å². The molecule has 5 amide bonds. The third-order valence-electron chi connectivity index (χ3n) is 15.2. The summed E-state index contributed by atoms with van der Waals surface area (Å²) in [5.41, 5.74) is 0.805. The Morgan fingerprint density at radius 2 is 1.44 bits per heavy atom. The second-order valence-electron chi connectivity index (χ2n) is 24.2. The molecule has 1 heterocycles. The average Bonchev–Trinajstić information content (AvgIpc) is 2.94. The van der Waals surface area contributed by atoms with Crippen LogP contribution in [0.3, 0.4) is 0 Å². The number of aryl methyl sites for hydroxylation is 1. The number of hydrogen-bond donors (Lipinski definition) is 5. The Morgan fingerprint density at radius 3 is 2.09 bits per heavy atom. The number of unbranched alkanes of at least 4 members (excludes halogenated alkanes) is 1. The minimum atomic E-state index is -4.16. The maximum atomic E-state index is 14.6. The topological polar surface area (TPSA) is 275 Å². The van der Waals surface area contributed by atoms with E-state index in [1.807, 2.05) is 51.1 Å². The number of Topliss-reactive ketones (excluding diaryl/α,β-unsaturated/α-hetero) is 1. The standard InChI is InChI=1S/C66H92N6O15S/c1-12-66(7,8)60(76)62(78)72-38-19-17-26-53(72)63(79)86-55(33-27-46-28-34-56(84-10)57(40-46)85-11)47-23-20-24-48(41-47)68-58(74)35-36-59(75)69-51(25-16-18-37-67-64(80)87-65(4,5)6)61(77)70-52(39-45-21-14-13-15-22-45)54(73)43-71(42-44(2)3)88(81,82)50-31-29-49(83-9)30-32-50/h13-15,20-24,28-32,34,40-41,44,51-55,73H,12,16-19,25-27,33,35-39,42-43H2,1-11H3,(H,67,80)(H,68,74)(H,69,75)(H,70,77)/t51?,52-,53+,54+,55-/m1/s1. The van der Waals surface area contributed by atoms with Gasteiger partial charge in [-0.05, 0) is 156 Å². The summed E-state index contributed by atoms with van der Waals surface area (Å²) in [6, 6.07) is 23.9. The lowest BCUT2D eigenvalue weighted by molar-refractivity contribution is -0.164. The van der Waals surface area contributed by atoms with E-state index in [0.29, 0.717) is 73.4 Å². The number of rotatable bonds is 33. The van der Waals surface area contributed by atoms with Crippen LogP contribution in [-0.2, 0) is 61.1 Å². The lowest BCUT2D eigenvalue weighted by Crippen LogP contribution is -2.55. The highest BCUT2D eigenvalue weighted by Gasteiger charge is 2.41. The Bertz CT molecular complexity index is 3080. The largest absolute Gasteiger partial charge is 0.497 e. The van der Waals surface area contributed by atoms with E-state index >= 15 is 0 Å². The van der Waals surface area contributed by atoms with Crippen molar-refractivity contribution in [3.05, 3.63) is 114 Å². The lowest BCUT2D eigenvalue weighted by atomic mass is 9.84. The highest BCUT2D eigenvalue weighted by atomic mass is 32.2. The van der Waals surface area contributed by atoms with Crippen molar-refractivity contribution >= 4 is 57.2 Å². The molecular formula is C66H92N6O15S. The average molecular weight is 1240 g/mol. The number of carbonyl (C=O) groups excluding carboxylic acids is 7. The molecule has 0 aliphatic carbocycles. The van der Waals surface area contributed by atoms with Crippen LogP contribution in [0.4, 0.5) is 10.5 Å². The Hall–Kier alpha value is -7.56. The van der Waals surface area contributed by atoms with Crippen LogP contribution >= 0.6 is 0 Å². The van der Waals surface area contributed by atoms with Crippen LogP contribution in [0, 0.1) is 11.3 Å². The molecule has 0 spiro atoms. The van der Waals surface area contributed by atoms with Gasteiger partial charge in [0.25, 0.3) is 5.91 Å². The Kier molecular flexibility index (Phi) is 27.3. The fraction of sp³-hybridized carbons (Fsp3) is 0.530. The molecule has 0 bridgehead atoms. The first-order valence-corrected chi connectivity index (χ1v) is 31.7. The number of benzene rings is 4. The summed E-state index contributed by atoms with van der Waals surface area (Å²) in [5.74, 6) is -2.44. The summed E-state index contributed by atoms with van der Waals surface area (Å²) < 4.78 is 57.4. The summed E-state index contributed by atoms with van der Waals surface area (Å²) in [6.07, 6.45) is -0.0322. The lowest BCUT2D eigenvalue weighted by Gasteiger charge is -2.36. The quantitative estimate of drug-likeness (QED) is 0.0170. The summed E-state index contributed by atoms with van der Waals surface area (Å²) >= 11 is 0. The molecule has 22 heteroatoms. The van der Waals surface area contributed by atoms with Gasteiger partial charge in [0.2, 0.25) is 33.5 Å². The number of aliphatic hydroxyl groups excluding tert-OH is 1. The SMILES string of the molecule is CCC(C)(C)C(=O)C(=O)N1CCCC[C@H]1C(=O)O[C@H](CCc1ccc(OC)c(OC)c1)c1cccc(NC(=O)CCC(=O)NC(CCCCNC(=O)OC(C)(C)C)C(=O)N[C@H](Cc2ccccc2)[C@@H](O)CN(CC(C)C)S(=O)(=O)c2ccc(OC)cc2)c1. The van der Waals surface area contributed by atoms with Crippen molar-refractivity contribution in [3.8, 4) is 17.2 Å². The van der Waals surface area contributed by atoms with Gasteiger partial charge >= 0.3 is 12.1 Å². The van der Waals surface area contributed by atoms with Gasteiger partial charge in [-0.2, -0.15) is 4.31 Å². The minimum Gasteiger partial charge on any atom is -0.497 e. The molecule has 1 unspecified atom stereocenters. The van der Waals surface area contributed by atoms with Gasteiger partial charge in [-0.3, -0.25) is 24.0 Å². The van der Waals surface area contributed by atoms with Crippen LogP contribution < -0.4 is 35.5 Å². The van der Waals surface area contributed by atoms with Crippen molar-refractivity contribution < 1.29 is 70.8 Å². The highest BCUT2D eigenvalue weighted by Crippen LogP contribution is 2.33. The maximum Gasteiger partial charge on any atom is 0.407 e. The van der Waals surface area contributed by atoms with Crippen molar-refractivity contribution in [2.75, 3.05) is 52.8 Å². The zero-order valence-corrected chi connectivity index (χ0v) is 53.8. The second kappa shape index (κ2) is 33.7. The van der Waals surface area contributed by atoms with Crippen LogP contribution in [0.25, 0.3) is 0 Å². The molecule has 21 nitrogen and oxygen atoms in total. The minimum absolute atomic E-state index is 0.00812. The Morgan fingerprint density at radius 1 is 0.750 bits per heavy atom. The van der Waals surface area contributed by atoms with Gasteiger partial charge in [0.1, 0.15) is 29.5 Å². The molecule has 4 aromatic carbocycles. The first-order chi connectivity index (χ1) is 41.7. The van der Waals surface area contributed by atoms with E-state index in [1.165, 1.54) is 54.8 Å². The number of esters is 1. The second-order valence-corrected chi connectivity index (χ2v) is 26.1. The number of nitrogens with one attached hydrogen (secondary N) is 4. The Labute approximate surface area is 519 Å². The van der Waals surface area contributed by atoms with E-state index in [1.54, 1.807) is 77.1 Å². The predicted octanol–water partition coefficient (Wildman–Crippen LogP) is 8.65. The summed E-state index contributed by atoms with van der Waals surface area (Å²) in [6.45, 7) is 14.3. The van der Waals surface area contributed by atoms with E-state index < -0.39 is 92.8 Å². The summed E-state index contributed by atoms with van der Waals surface area (Å²) in [7, 11) is 0.377. The summed E-state index contributed by atoms with van der Waals surface area (Å²) in [4.78, 5) is 97.3. The fourth-order valence-electron chi connectivity index (χ4n) is 9.97. The number of likely N-dealkylation sites (tertiary alicyclic amines) is 1. The van der Waals surface area contributed by atoms with E-state index in [0.717, 1.165) is 11.1 Å². The molecule has 88 heavy (non-hydrogen) atoms. The van der Waals surface area contributed by atoms with Gasteiger partial charge in [0.15, 0.2) is 11.5 Å². The van der Waals surface area contributed by atoms with Crippen LogP contribution in [-0.4, -0.2) is 142 Å². The molecular weight excluding hydrogens is 1150 g/mol. The van der Waals surface area contributed by atoms with Crippen LogP contribution in [0.1, 0.15) is 142 Å². The number of alkyl carbamates (subject to hydrolysis) is 1. The number of ether oxygens (including phenoxy) is 5. The first kappa shape index (κ1) is 71.2. The van der Waals surface area contributed by atoms with Gasteiger partial charge in [0.05, 0.1) is 38.4 Å². The van der Waals surface area contributed by atoms with Crippen LogP contribution in [0.5, 0.6) is 17.2 Å². The van der Waals surface area contributed by atoms with Gasteiger partial charge in [-0.25, -0.2) is 18.0 Å². The number of nitrogens with zero attached hydrogens (tertiary/aromatic N) is 2. The fourth-order valence-corrected chi connectivity index (χ4v) is 11.6. The third-order valence-corrected chi connectivity index (χ3v) is 17.1. The highest BCUT2D eigenvalue weighted by molar-refractivity contribution is 7.89. The van der Waals surface area contributed by atoms with Gasteiger partial charge < -0.3 is 55.0 Å². The number of amides is 5. The molecule has 1 aliphatic rings. The number of carbonyl (C=O) groups is 7. The van der Waals surface area contributed by atoms with E-state index in [9.17, 15) is 47.1 Å². The van der Waals surface area contributed by atoms with Gasteiger partial charge in [0, 0.05) is 50.1 Å². The predicted molar refractivity (Wildman–Crippen MR) is 334 cm³/mol. The first-order valence-electron chi connectivity index (χ1n) is 30.3. The number of sulfonamides is 1. The molecule has 5 N–H and O–H groups in total. The van der Waals surface area contributed by atoms with E-state index in [-0.39, 0.29) is 69.1 Å². The molecule has 482 valence electrons. The molecule has 5 rings (SSSR count). The Balaban J connectivity index is 1.34. The third kappa shape index (κ3) is 21.9. The van der Waals surface area contributed by atoms with Crippen molar-refractivity contribution in [1.82, 2.24) is 25.2 Å². The smallest absolute Gasteiger partial charge is 0.407 e. The molecule has 5 atom stereocenters. The number of methoxy groups -OCH3 is 3. The number of piperidine rings is 1. The summed E-state index contributed by atoms with van der Waals surface area (Å²) in [5, 5.41) is 23.3. The van der Waals surface area contributed by atoms with Crippen molar-refractivity contribution in [1.29, 1.82) is 0 Å². The molecule has 0 radical (unpaired) electrons. The molecule has 1 aliphatic heterocycles. The number of ketones is 1. The maximum absolute atomic E-state index is 14.6. The molecule has 0 aromatic heterocycles. The number of anilines is 1. The molecule has 0 saturated carbocycles. The van der Waals surface area contributed by atoms with E-state index in [4.69, 9.17) is 23.7 Å². The zero-order valence-electron chi connectivity index (χ0n) is 53.0. The van der Waals surface area contributed by atoms with E-state index in [2.05, 4.69) is 21.3 Å². The molecule has 1 saturated heterocycles.